The maximum Gasteiger partial charge on any atom is 0.472 e. The molecule has 0 radical (unpaired) electrons. The molecule has 0 spiro atoms. The van der Waals surface area contributed by atoms with Crippen LogP contribution in [-0.2, 0) is 27.9 Å². The molecular weight excluding hydrogens is 751 g/mol. The molecule has 0 aromatic rings. The molecule has 0 heterocycles. The lowest BCUT2D eigenvalue weighted by Gasteiger charge is -2.20. The fourth-order valence-electron chi connectivity index (χ4n) is 6.62. The molecule has 3 N–H and O–H groups in total. The summed E-state index contributed by atoms with van der Waals surface area (Å²) in [5, 5.41) is 18.4. The molecule has 0 saturated carbocycles. The molecule has 0 aromatic carbocycles. The summed E-state index contributed by atoms with van der Waals surface area (Å²) >= 11 is 0. The van der Waals surface area contributed by atoms with Gasteiger partial charge in [-0.1, -0.05) is 179 Å². The van der Waals surface area contributed by atoms with E-state index in [1.807, 2.05) is 0 Å². The van der Waals surface area contributed by atoms with Crippen LogP contribution in [0.2, 0.25) is 0 Å². The molecule has 0 amide bonds. The topological polar surface area (TPSA) is 132 Å². The lowest BCUT2D eigenvalue weighted by atomic mass is 10.1. The van der Waals surface area contributed by atoms with Crippen LogP contribution in [0.3, 0.4) is 0 Å². The van der Waals surface area contributed by atoms with E-state index in [-0.39, 0.29) is 25.6 Å². The van der Waals surface area contributed by atoms with Gasteiger partial charge in [-0.05, 0) is 70.6 Å². The monoisotopic (exact) mass is 843 g/mol. The second kappa shape index (κ2) is 45.2. The molecule has 10 heteroatoms. The highest BCUT2D eigenvalue weighted by Gasteiger charge is 2.26. The largest absolute Gasteiger partial charge is 0.472 e. The molecule has 0 bridgehead atoms. The summed E-state index contributed by atoms with van der Waals surface area (Å²) < 4.78 is 33.5. The summed E-state index contributed by atoms with van der Waals surface area (Å²) in [6, 6.07) is 0. The minimum Gasteiger partial charge on any atom is -0.457 e. The number of rotatable bonds is 46. The van der Waals surface area contributed by atoms with Crippen molar-refractivity contribution in [1.29, 1.82) is 0 Å². The summed E-state index contributed by atoms with van der Waals surface area (Å²) in [5.41, 5.74) is 0. The second-order valence-corrected chi connectivity index (χ2v) is 17.6. The number of ether oxygens (including phenoxy) is 2. The van der Waals surface area contributed by atoms with Gasteiger partial charge in [-0.2, -0.15) is 0 Å². The van der Waals surface area contributed by atoms with E-state index >= 15 is 0 Å². The molecule has 0 fully saturated rings. The van der Waals surface area contributed by atoms with Gasteiger partial charge < -0.3 is 24.6 Å². The number of phosphoric ester groups is 1. The Morgan fingerprint density at radius 3 is 1.43 bits per heavy atom. The average molecular weight is 843 g/mol. The highest BCUT2D eigenvalue weighted by molar-refractivity contribution is 7.47. The lowest BCUT2D eigenvalue weighted by molar-refractivity contribution is -0.154. The van der Waals surface area contributed by atoms with Crippen LogP contribution in [0.25, 0.3) is 0 Å². The number of carbonyl (C=O) groups is 1. The van der Waals surface area contributed by atoms with Crippen LogP contribution < -0.4 is 0 Å². The van der Waals surface area contributed by atoms with Gasteiger partial charge >= 0.3 is 13.8 Å². The minimum absolute atomic E-state index is 0.0469. The first-order chi connectivity index (χ1) is 28.3. The van der Waals surface area contributed by atoms with Gasteiger partial charge in [-0.3, -0.25) is 13.8 Å². The molecule has 3 unspecified atom stereocenters. The zero-order chi connectivity index (χ0) is 42.5. The quantitative estimate of drug-likeness (QED) is 0.0237. The Hall–Kier alpha value is -1.32. The second-order valence-electron chi connectivity index (χ2n) is 16.1. The van der Waals surface area contributed by atoms with Gasteiger partial charge in [-0.25, -0.2) is 4.57 Å². The van der Waals surface area contributed by atoms with E-state index in [1.165, 1.54) is 148 Å². The van der Waals surface area contributed by atoms with E-state index in [0.717, 1.165) is 51.4 Å². The predicted octanol–water partition coefficient (Wildman–Crippen LogP) is 13.6. The molecule has 0 saturated heterocycles. The van der Waals surface area contributed by atoms with E-state index < -0.39 is 33.2 Å². The summed E-state index contributed by atoms with van der Waals surface area (Å²) in [6.45, 7) is 3.51. The number of aliphatic hydroxyl groups is 2. The maximum atomic E-state index is 12.7. The smallest absolute Gasteiger partial charge is 0.457 e. The third-order valence-electron chi connectivity index (χ3n) is 10.3. The zero-order valence-corrected chi connectivity index (χ0v) is 38.4. The molecule has 3 atom stereocenters. The Morgan fingerprint density at radius 1 is 0.534 bits per heavy atom. The first-order valence-corrected chi connectivity index (χ1v) is 25.5. The van der Waals surface area contributed by atoms with Crippen LogP contribution in [-0.4, -0.2) is 66.3 Å². The number of esters is 1. The number of hydrogen-bond acceptors (Lipinski definition) is 8. The van der Waals surface area contributed by atoms with Crippen LogP contribution >= 0.6 is 7.82 Å². The van der Waals surface area contributed by atoms with Gasteiger partial charge in [0.25, 0.3) is 0 Å². The number of unbranched alkanes of at least 4 members (excludes halogenated alkanes) is 26. The molecule has 0 aliphatic rings. The van der Waals surface area contributed by atoms with Crippen molar-refractivity contribution in [3.8, 4) is 0 Å². The minimum atomic E-state index is -4.52. The number of carbonyl (C=O) groups excluding carboxylic acids is 1. The van der Waals surface area contributed by atoms with E-state index in [2.05, 4.69) is 50.3 Å². The highest BCUT2D eigenvalue weighted by atomic mass is 31.2. The van der Waals surface area contributed by atoms with Gasteiger partial charge in [0, 0.05) is 13.0 Å². The standard InChI is InChI=1S/C48H91O9P/c1-3-5-7-9-11-13-15-17-19-21-23-24-26-28-30-32-34-36-38-40-48(51)57-47(45-56-58(52,53)55-43-46(50)42-49)44-54-41-39-37-35-33-31-29-27-25-22-20-18-16-14-12-10-8-6-4-2/h11,13,17-20,46-47,49-50H,3-10,12,14-16,21-45H2,1-2H3,(H,52,53)/b13-11-,19-17-,20-18-. The van der Waals surface area contributed by atoms with Crippen molar-refractivity contribution >= 4 is 13.8 Å². The number of allylic oxidation sites excluding steroid dienone is 6. The fourth-order valence-corrected chi connectivity index (χ4v) is 7.41. The SMILES string of the molecule is CCCCC/C=C\C/C=C\CCCCCCCCCCCC(=O)OC(COCCCCCCCCCC/C=C\CCCCCCCC)COP(=O)(O)OCC(O)CO. The molecule has 0 rings (SSSR count). The van der Waals surface area contributed by atoms with Crippen LogP contribution in [0.5, 0.6) is 0 Å². The third-order valence-corrected chi connectivity index (χ3v) is 11.2. The summed E-state index contributed by atoms with van der Waals surface area (Å²) in [4.78, 5) is 22.6. The van der Waals surface area contributed by atoms with Crippen molar-refractivity contribution in [3.05, 3.63) is 36.5 Å². The Morgan fingerprint density at radius 2 is 0.931 bits per heavy atom. The Bertz CT molecular complexity index is 1000. The summed E-state index contributed by atoms with van der Waals surface area (Å²) in [7, 11) is -4.52. The van der Waals surface area contributed by atoms with Crippen molar-refractivity contribution in [2.45, 2.75) is 232 Å². The summed E-state index contributed by atoms with van der Waals surface area (Å²) in [5.74, 6) is -0.386. The van der Waals surface area contributed by atoms with Crippen molar-refractivity contribution in [1.82, 2.24) is 0 Å². The van der Waals surface area contributed by atoms with Crippen molar-refractivity contribution < 1.29 is 43.0 Å². The van der Waals surface area contributed by atoms with Gasteiger partial charge in [-0.15, -0.1) is 0 Å². The molecular formula is C48H91O9P. The normalized spacial score (nSPS) is 14.2. The van der Waals surface area contributed by atoms with Crippen molar-refractivity contribution in [3.63, 3.8) is 0 Å². The van der Waals surface area contributed by atoms with Gasteiger partial charge in [0.1, 0.15) is 12.2 Å². The van der Waals surface area contributed by atoms with Crippen molar-refractivity contribution in [2.75, 3.05) is 33.0 Å². The fraction of sp³-hybridized carbons (Fsp3) is 0.854. The molecule has 58 heavy (non-hydrogen) atoms. The van der Waals surface area contributed by atoms with Crippen LogP contribution in [0.1, 0.15) is 219 Å². The summed E-state index contributed by atoms with van der Waals surface area (Å²) in [6.07, 6.45) is 49.5. The van der Waals surface area contributed by atoms with Crippen molar-refractivity contribution in [2.24, 2.45) is 0 Å². The maximum absolute atomic E-state index is 12.7. The van der Waals surface area contributed by atoms with E-state index in [4.69, 9.17) is 23.6 Å². The molecule has 342 valence electrons. The first kappa shape index (κ1) is 56.7. The van der Waals surface area contributed by atoms with Gasteiger partial charge in [0.05, 0.1) is 26.4 Å². The van der Waals surface area contributed by atoms with Crippen LogP contribution in [0.15, 0.2) is 36.5 Å². The van der Waals surface area contributed by atoms with E-state index in [0.29, 0.717) is 6.61 Å². The number of hydrogen-bond donors (Lipinski definition) is 3. The van der Waals surface area contributed by atoms with Crippen LogP contribution in [0, 0.1) is 0 Å². The molecule has 0 aliphatic carbocycles. The highest BCUT2D eigenvalue weighted by Crippen LogP contribution is 2.43. The molecule has 0 aliphatic heterocycles. The Kier molecular flexibility index (Phi) is 44.2. The van der Waals surface area contributed by atoms with E-state index in [9.17, 15) is 19.4 Å². The molecule has 9 nitrogen and oxygen atoms in total. The predicted molar refractivity (Wildman–Crippen MR) is 242 cm³/mol. The van der Waals surface area contributed by atoms with E-state index in [1.54, 1.807) is 0 Å². The third kappa shape index (κ3) is 44.2. The lowest BCUT2D eigenvalue weighted by Crippen LogP contribution is -2.29. The number of phosphoric acid groups is 1. The first-order valence-electron chi connectivity index (χ1n) is 24.0. The average Bonchev–Trinajstić information content (AvgIpc) is 3.21. The van der Waals surface area contributed by atoms with Gasteiger partial charge in [0.2, 0.25) is 0 Å². The number of aliphatic hydroxyl groups excluding tert-OH is 2. The van der Waals surface area contributed by atoms with Gasteiger partial charge in [0.15, 0.2) is 0 Å². The Balaban J connectivity index is 4.12. The Labute approximate surface area is 356 Å². The zero-order valence-electron chi connectivity index (χ0n) is 37.5. The van der Waals surface area contributed by atoms with Crippen LogP contribution in [0.4, 0.5) is 0 Å². The molecule has 0 aromatic heterocycles.